The molecule has 2 N–H and O–H groups in total. The summed E-state index contributed by atoms with van der Waals surface area (Å²) >= 11 is 0. The molecule has 0 aliphatic heterocycles. The molecule has 0 bridgehead atoms. The molecule has 0 spiro atoms. The minimum Gasteiger partial charge on any atom is -0.382 e. The summed E-state index contributed by atoms with van der Waals surface area (Å²) in [5.74, 6) is 1.68. The summed E-state index contributed by atoms with van der Waals surface area (Å²) in [4.78, 5) is 4.19. The Bertz CT molecular complexity index is 310. The lowest BCUT2D eigenvalue weighted by Gasteiger charge is -2.16. The molecule has 1 atom stereocenters. The average molecular weight is 221 g/mol. The smallest absolute Gasteiger partial charge is 0.127 e. The van der Waals surface area contributed by atoms with Gasteiger partial charge >= 0.3 is 0 Å². The van der Waals surface area contributed by atoms with Crippen LogP contribution in [0.25, 0.3) is 0 Å². The number of hydrogen-bond donors (Lipinski definition) is 2. The van der Waals surface area contributed by atoms with Gasteiger partial charge in [0.2, 0.25) is 0 Å². The van der Waals surface area contributed by atoms with Crippen LogP contribution in [-0.2, 0) is 0 Å². The van der Waals surface area contributed by atoms with E-state index < -0.39 is 0 Å². The highest BCUT2D eigenvalue weighted by Gasteiger charge is 2.04. The van der Waals surface area contributed by atoms with Crippen LogP contribution < -0.4 is 10.6 Å². The van der Waals surface area contributed by atoms with Crippen LogP contribution >= 0.6 is 0 Å². The van der Waals surface area contributed by atoms with E-state index in [-0.39, 0.29) is 0 Å². The van der Waals surface area contributed by atoms with E-state index >= 15 is 0 Å². The first-order valence-electron chi connectivity index (χ1n) is 6.02. The lowest BCUT2D eigenvalue weighted by atomic mass is 10.0. The summed E-state index contributed by atoms with van der Waals surface area (Å²) in [7, 11) is 1.88. The molecule has 0 aliphatic carbocycles. The monoisotopic (exact) mass is 221 g/mol. The molecule has 0 fully saturated rings. The van der Waals surface area contributed by atoms with E-state index in [0.29, 0.717) is 6.04 Å². The zero-order valence-corrected chi connectivity index (χ0v) is 10.7. The van der Waals surface area contributed by atoms with E-state index in [9.17, 15) is 0 Å². The molecule has 1 aromatic rings. The van der Waals surface area contributed by atoms with Crippen molar-refractivity contribution >= 4 is 11.5 Å². The topological polar surface area (TPSA) is 37.0 Å². The summed E-state index contributed by atoms with van der Waals surface area (Å²) in [6.45, 7) is 6.75. The highest BCUT2D eigenvalue weighted by atomic mass is 15.0. The minimum absolute atomic E-state index is 0.509. The second kappa shape index (κ2) is 6.36. The quantitative estimate of drug-likeness (QED) is 0.773. The van der Waals surface area contributed by atoms with Crippen LogP contribution in [0.5, 0.6) is 0 Å². The van der Waals surface area contributed by atoms with Crippen molar-refractivity contribution in [1.29, 1.82) is 0 Å². The van der Waals surface area contributed by atoms with Gasteiger partial charge in [-0.05, 0) is 31.7 Å². The Hall–Kier alpha value is -1.25. The highest BCUT2D eigenvalue weighted by molar-refractivity contribution is 5.51. The predicted molar refractivity (Wildman–Crippen MR) is 70.9 cm³/mol. The molecular formula is C13H23N3. The molecule has 0 saturated carbocycles. The molecule has 16 heavy (non-hydrogen) atoms. The molecule has 3 heteroatoms. The normalized spacial score (nSPS) is 12.6. The lowest BCUT2D eigenvalue weighted by Crippen LogP contribution is -2.15. The van der Waals surface area contributed by atoms with Crippen molar-refractivity contribution in [2.75, 3.05) is 17.7 Å². The van der Waals surface area contributed by atoms with Crippen LogP contribution in [0, 0.1) is 5.92 Å². The van der Waals surface area contributed by atoms with Crippen molar-refractivity contribution in [2.45, 2.75) is 39.7 Å². The lowest BCUT2D eigenvalue weighted by molar-refractivity contribution is 0.528. The van der Waals surface area contributed by atoms with Crippen molar-refractivity contribution in [3.8, 4) is 0 Å². The minimum atomic E-state index is 0.509. The predicted octanol–water partition coefficient (Wildman–Crippen LogP) is 3.36. The fraction of sp³-hybridized carbons (Fsp3) is 0.615. The summed E-state index contributed by atoms with van der Waals surface area (Å²) < 4.78 is 0. The summed E-state index contributed by atoms with van der Waals surface area (Å²) in [6, 6.07) is 4.55. The fourth-order valence-corrected chi connectivity index (χ4v) is 1.60. The SMILES string of the molecule is CNc1cc(NC(C)CCC(C)C)ccn1. The van der Waals surface area contributed by atoms with Crippen molar-refractivity contribution < 1.29 is 0 Å². The van der Waals surface area contributed by atoms with Gasteiger partial charge in [-0.15, -0.1) is 0 Å². The number of pyridine rings is 1. The molecule has 0 aromatic carbocycles. The average Bonchev–Trinajstić information content (AvgIpc) is 2.26. The molecule has 3 nitrogen and oxygen atoms in total. The van der Waals surface area contributed by atoms with Crippen molar-refractivity contribution in [2.24, 2.45) is 5.92 Å². The van der Waals surface area contributed by atoms with Crippen LogP contribution in [0.2, 0.25) is 0 Å². The third-order valence-corrected chi connectivity index (χ3v) is 2.61. The van der Waals surface area contributed by atoms with E-state index in [2.05, 4.69) is 36.4 Å². The number of anilines is 2. The fourth-order valence-electron chi connectivity index (χ4n) is 1.60. The van der Waals surface area contributed by atoms with Gasteiger partial charge in [-0.3, -0.25) is 0 Å². The Kier molecular flexibility index (Phi) is 5.09. The standard InChI is InChI=1S/C13H23N3/c1-10(2)5-6-11(3)16-12-7-8-15-13(9-12)14-4/h7-11H,5-6H2,1-4H3,(H2,14,15,16). The van der Waals surface area contributed by atoms with Crippen LogP contribution in [0.1, 0.15) is 33.6 Å². The first-order valence-corrected chi connectivity index (χ1v) is 6.02. The first-order chi connectivity index (χ1) is 7.61. The maximum Gasteiger partial charge on any atom is 0.127 e. The maximum absolute atomic E-state index is 4.19. The van der Waals surface area contributed by atoms with Gasteiger partial charge in [0.15, 0.2) is 0 Å². The van der Waals surface area contributed by atoms with Crippen molar-refractivity contribution in [3.63, 3.8) is 0 Å². The van der Waals surface area contributed by atoms with Gasteiger partial charge in [0, 0.05) is 31.0 Å². The van der Waals surface area contributed by atoms with Gasteiger partial charge in [0.1, 0.15) is 5.82 Å². The van der Waals surface area contributed by atoms with Gasteiger partial charge in [0.25, 0.3) is 0 Å². The summed E-state index contributed by atoms with van der Waals surface area (Å²) in [5.41, 5.74) is 1.13. The summed E-state index contributed by atoms with van der Waals surface area (Å²) in [5, 5.41) is 6.53. The number of nitrogens with zero attached hydrogens (tertiary/aromatic N) is 1. The van der Waals surface area contributed by atoms with E-state index in [1.807, 2.05) is 25.4 Å². The molecule has 90 valence electrons. The number of nitrogens with one attached hydrogen (secondary N) is 2. The molecule has 0 saturated heterocycles. The van der Waals surface area contributed by atoms with Gasteiger partial charge in [-0.1, -0.05) is 13.8 Å². The number of aromatic nitrogens is 1. The van der Waals surface area contributed by atoms with Gasteiger partial charge in [-0.25, -0.2) is 4.98 Å². The van der Waals surface area contributed by atoms with E-state index in [4.69, 9.17) is 0 Å². The van der Waals surface area contributed by atoms with Crippen LogP contribution in [-0.4, -0.2) is 18.1 Å². The van der Waals surface area contributed by atoms with Gasteiger partial charge in [0.05, 0.1) is 0 Å². The van der Waals surface area contributed by atoms with Crippen LogP contribution in [0.4, 0.5) is 11.5 Å². The van der Waals surface area contributed by atoms with Crippen LogP contribution in [0.3, 0.4) is 0 Å². The second-order valence-electron chi connectivity index (χ2n) is 4.70. The Morgan fingerprint density at radius 3 is 2.62 bits per heavy atom. The molecule has 1 aromatic heterocycles. The summed E-state index contributed by atoms with van der Waals surface area (Å²) in [6.07, 6.45) is 4.29. The van der Waals surface area contributed by atoms with E-state index in [1.54, 1.807) is 0 Å². The van der Waals surface area contributed by atoms with Crippen molar-refractivity contribution in [3.05, 3.63) is 18.3 Å². The van der Waals surface area contributed by atoms with E-state index in [1.165, 1.54) is 12.8 Å². The molecule has 0 radical (unpaired) electrons. The molecular weight excluding hydrogens is 198 g/mol. The molecule has 1 unspecified atom stereocenters. The molecule has 0 amide bonds. The Balaban J connectivity index is 2.45. The Morgan fingerprint density at radius 1 is 1.25 bits per heavy atom. The molecule has 0 aliphatic rings. The highest BCUT2D eigenvalue weighted by Crippen LogP contribution is 2.15. The first kappa shape index (κ1) is 12.8. The molecule has 1 rings (SSSR count). The number of rotatable bonds is 6. The molecule has 1 heterocycles. The third kappa shape index (κ3) is 4.51. The Morgan fingerprint density at radius 2 is 2.00 bits per heavy atom. The third-order valence-electron chi connectivity index (χ3n) is 2.61. The largest absolute Gasteiger partial charge is 0.382 e. The zero-order chi connectivity index (χ0) is 12.0. The number of hydrogen-bond acceptors (Lipinski definition) is 3. The van der Waals surface area contributed by atoms with Gasteiger partial charge in [-0.2, -0.15) is 0 Å². The van der Waals surface area contributed by atoms with E-state index in [0.717, 1.165) is 17.4 Å². The Labute approximate surface area is 98.7 Å². The van der Waals surface area contributed by atoms with Crippen LogP contribution in [0.15, 0.2) is 18.3 Å². The maximum atomic E-state index is 4.19. The zero-order valence-electron chi connectivity index (χ0n) is 10.7. The second-order valence-corrected chi connectivity index (χ2v) is 4.70. The van der Waals surface area contributed by atoms with Crippen molar-refractivity contribution in [1.82, 2.24) is 4.98 Å². The van der Waals surface area contributed by atoms with Gasteiger partial charge < -0.3 is 10.6 Å².